The number of hydrogen-bond donors (Lipinski definition) is 2. The maximum atomic E-state index is 12.5. The van der Waals surface area contributed by atoms with Gasteiger partial charge >= 0.3 is 0 Å². The van der Waals surface area contributed by atoms with Gasteiger partial charge in [-0.25, -0.2) is 4.98 Å². The molecule has 3 aliphatic heterocycles. The number of piperazine rings is 1. The average molecular weight is 427 g/mol. The molecule has 3 aromatic rings. The number of aromatic amines is 1. The maximum absolute atomic E-state index is 12.5. The van der Waals surface area contributed by atoms with Crippen molar-refractivity contribution in [3.63, 3.8) is 0 Å². The Bertz CT molecular complexity index is 1260. The summed E-state index contributed by atoms with van der Waals surface area (Å²) in [7, 11) is 0. The summed E-state index contributed by atoms with van der Waals surface area (Å²) in [5, 5.41) is 13.6. The largest absolute Gasteiger partial charge is 0.384 e. The molecule has 2 saturated heterocycles. The van der Waals surface area contributed by atoms with Gasteiger partial charge in [-0.2, -0.15) is 5.26 Å². The third-order valence-electron chi connectivity index (χ3n) is 7.19. The number of hydrogen-bond acceptors (Lipinski definition) is 6. The van der Waals surface area contributed by atoms with Crippen LogP contribution in [0.15, 0.2) is 41.3 Å². The normalized spacial score (nSPS) is 22.4. The van der Waals surface area contributed by atoms with Crippen LogP contribution in [0.4, 0.5) is 11.5 Å². The maximum Gasteiger partial charge on any atom is 0.253 e. The topological polar surface area (TPSA) is 88.0 Å². The SMILES string of the molecule is N#Cc1ccc(N2C3CCC2CN(Cc2ccc4c5c(c(=O)[nH]c4c2)CCCN5)C3)nc1. The van der Waals surface area contributed by atoms with Crippen molar-refractivity contribution in [3.05, 3.63) is 63.6 Å². The highest BCUT2D eigenvalue weighted by atomic mass is 16.1. The molecule has 2 aromatic heterocycles. The van der Waals surface area contributed by atoms with Crippen molar-refractivity contribution in [1.82, 2.24) is 14.9 Å². The van der Waals surface area contributed by atoms with E-state index in [-0.39, 0.29) is 5.56 Å². The van der Waals surface area contributed by atoms with Gasteiger partial charge in [-0.3, -0.25) is 9.69 Å². The zero-order chi connectivity index (χ0) is 21.7. The van der Waals surface area contributed by atoms with Crippen LogP contribution in [0.3, 0.4) is 0 Å². The highest BCUT2D eigenvalue weighted by Crippen LogP contribution is 2.35. The molecule has 0 aliphatic carbocycles. The zero-order valence-electron chi connectivity index (χ0n) is 18.0. The van der Waals surface area contributed by atoms with Crippen molar-refractivity contribution in [1.29, 1.82) is 5.26 Å². The van der Waals surface area contributed by atoms with Gasteiger partial charge in [0.1, 0.15) is 11.9 Å². The Labute approximate surface area is 186 Å². The van der Waals surface area contributed by atoms with E-state index in [0.717, 1.165) is 67.0 Å². The molecule has 0 saturated carbocycles. The molecule has 2 atom stereocenters. The van der Waals surface area contributed by atoms with Gasteiger partial charge in [-0.05, 0) is 49.4 Å². The van der Waals surface area contributed by atoms with Crippen LogP contribution >= 0.6 is 0 Å². The Morgan fingerprint density at radius 3 is 2.75 bits per heavy atom. The number of rotatable bonds is 3. The number of pyridine rings is 2. The summed E-state index contributed by atoms with van der Waals surface area (Å²) < 4.78 is 0. The van der Waals surface area contributed by atoms with E-state index in [1.807, 2.05) is 12.1 Å². The summed E-state index contributed by atoms with van der Waals surface area (Å²) in [5.74, 6) is 0.983. The molecule has 0 spiro atoms. The molecule has 1 aromatic carbocycles. The minimum atomic E-state index is 0.0402. The number of anilines is 2. The summed E-state index contributed by atoms with van der Waals surface area (Å²) >= 11 is 0. The molecule has 6 rings (SSSR count). The summed E-state index contributed by atoms with van der Waals surface area (Å²) in [4.78, 5) is 25.2. The molecule has 3 aliphatic rings. The minimum Gasteiger partial charge on any atom is -0.384 e. The summed E-state index contributed by atoms with van der Waals surface area (Å²) in [5.41, 5.74) is 4.70. The second-order valence-electron chi connectivity index (χ2n) is 9.22. The molecule has 2 bridgehead atoms. The van der Waals surface area contributed by atoms with Crippen LogP contribution in [0.1, 0.15) is 36.0 Å². The van der Waals surface area contributed by atoms with E-state index in [9.17, 15) is 4.79 Å². The predicted molar refractivity (Wildman–Crippen MR) is 125 cm³/mol. The van der Waals surface area contributed by atoms with Gasteiger partial charge in [0.05, 0.1) is 16.8 Å². The second-order valence-corrected chi connectivity index (χ2v) is 9.22. The Hall–Kier alpha value is -3.37. The number of likely N-dealkylation sites (tertiary alicyclic amines) is 1. The molecule has 0 radical (unpaired) electrons. The van der Waals surface area contributed by atoms with E-state index in [2.05, 4.69) is 49.4 Å². The van der Waals surface area contributed by atoms with Gasteiger partial charge in [0, 0.05) is 55.4 Å². The van der Waals surface area contributed by atoms with Gasteiger partial charge in [0.25, 0.3) is 5.56 Å². The van der Waals surface area contributed by atoms with Crippen molar-refractivity contribution in [2.45, 2.75) is 44.3 Å². The number of nitriles is 1. The van der Waals surface area contributed by atoms with Crippen LogP contribution in [0.5, 0.6) is 0 Å². The quantitative estimate of drug-likeness (QED) is 0.669. The summed E-state index contributed by atoms with van der Waals surface area (Å²) in [6.07, 6.45) is 5.87. The lowest BCUT2D eigenvalue weighted by molar-refractivity contribution is 0.211. The van der Waals surface area contributed by atoms with Crippen LogP contribution in [0, 0.1) is 11.3 Å². The summed E-state index contributed by atoms with van der Waals surface area (Å²) in [6, 6.07) is 13.4. The zero-order valence-corrected chi connectivity index (χ0v) is 18.0. The lowest BCUT2D eigenvalue weighted by Crippen LogP contribution is -2.53. The number of nitrogens with zero attached hydrogens (tertiary/aromatic N) is 4. The van der Waals surface area contributed by atoms with Crippen molar-refractivity contribution in [2.24, 2.45) is 0 Å². The van der Waals surface area contributed by atoms with E-state index in [1.165, 1.54) is 18.4 Å². The standard InChI is InChI=1S/C25H26N6O/c26-11-17-4-8-23(28-12-17)31-18-5-6-19(31)15-30(14-18)13-16-3-7-20-22(10-16)29-25(32)21-2-1-9-27-24(20)21/h3-4,7-8,10,12,18-19,27H,1-2,5-6,9,13-15H2,(H,29,32). The van der Waals surface area contributed by atoms with Gasteiger partial charge in [0.15, 0.2) is 0 Å². The van der Waals surface area contributed by atoms with Crippen LogP contribution in [0.25, 0.3) is 10.9 Å². The average Bonchev–Trinajstić information content (AvgIpc) is 3.09. The highest BCUT2D eigenvalue weighted by Gasteiger charge is 2.40. The monoisotopic (exact) mass is 426 g/mol. The Morgan fingerprint density at radius 1 is 1.16 bits per heavy atom. The van der Waals surface area contributed by atoms with E-state index in [1.54, 1.807) is 6.20 Å². The molecular formula is C25H26N6O. The molecule has 0 amide bonds. The first kappa shape index (κ1) is 19.3. The number of nitrogens with one attached hydrogen (secondary N) is 2. The Kier molecular flexibility index (Phi) is 4.62. The number of benzene rings is 1. The van der Waals surface area contributed by atoms with Crippen molar-refractivity contribution >= 4 is 22.4 Å². The van der Waals surface area contributed by atoms with Crippen molar-refractivity contribution in [2.75, 3.05) is 29.9 Å². The second kappa shape index (κ2) is 7.64. The first-order chi connectivity index (χ1) is 15.7. The fourth-order valence-electron chi connectivity index (χ4n) is 5.76. The fourth-order valence-corrected chi connectivity index (χ4v) is 5.76. The minimum absolute atomic E-state index is 0.0402. The number of H-pyrrole nitrogens is 1. The number of fused-ring (bicyclic) bond motifs is 5. The molecule has 32 heavy (non-hydrogen) atoms. The van der Waals surface area contributed by atoms with E-state index in [4.69, 9.17) is 5.26 Å². The first-order valence-corrected chi connectivity index (χ1v) is 11.5. The van der Waals surface area contributed by atoms with Crippen LogP contribution in [-0.2, 0) is 13.0 Å². The van der Waals surface area contributed by atoms with Crippen molar-refractivity contribution in [3.8, 4) is 6.07 Å². The highest BCUT2D eigenvalue weighted by molar-refractivity contribution is 5.93. The van der Waals surface area contributed by atoms with Crippen LogP contribution in [0.2, 0.25) is 0 Å². The van der Waals surface area contributed by atoms with E-state index < -0.39 is 0 Å². The smallest absolute Gasteiger partial charge is 0.253 e. The lowest BCUT2D eigenvalue weighted by Gasteiger charge is -2.41. The third kappa shape index (κ3) is 3.23. The van der Waals surface area contributed by atoms with Gasteiger partial charge in [0.2, 0.25) is 0 Å². The molecule has 2 fully saturated rings. The predicted octanol–water partition coefficient (Wildman–Crippen LogP) is 3.01. The van der Waals surface area contributed by atoms with E-state index in [0.29, 0.717) is 17.6 Å². The summed E-state index contributed by atoms with van der Waals surface area (Å²) in [6.45, 7) is 3.80. The van der Waals surface area contributed by atoms with Crippen molar-refractivity contribution < 1.29 is 0 Å². The van der Waals surface area contributed by atoms with Crippen LogP contribution in [-0.4, -0.2) is 46.6 Å². The van der Waals surface area contributed by atoms with Gasteiger partial charge in [-0.1, -0.05) is 12.1 Å². The molecule has 7 heteroatoms. The molecule has 5 heterocycles. The van der Waals surface area contributed by atoms with Gasteiger partial charge in [-0.15, -0.1) is 0 Å². The molecule has 2 N–H and O–H groups in total. The molecule has 2 unspecified atom stereocenters. The Morgan fingerprint density at radius 2 is 2.00 bits per heavy atom. The molecular weight excluding hydrogens is 400 g/mol. The molecule has 7 nitrogen and oxygen atoms in total. The fraction of sp³-hybridized carbons (Fsp3) is 0.400. The first-order valence-electron chi connectivity index (χ1n) is 11.5. The third-order valence-corrected chi connectivity index (χ3v) is 7.19. The Balaban J connectivity index is 1.22. The van der Waals surface area contributed by atoms with Gasteiger partial charge < -0.3 is 15.2 Å². The van der Waals surface area contributed by atoms with Crippen LogP contribution < -0.4 is 15.8 Å². The molecule has 162 valence electrons. The van der Waals surface area contributed by atoms with E-state index >= 15 is 0 Å². The number of aromatic nitrogens is 2. The lowest BCUT2D eigenvalue weighted by atomic mass is 10.0.